The smallest absolute Gasteiger partial charge is 0.271 e. The van der Waals surface area contributed by atoms with Crippen molar-refractivity contribution >= 4 is 11.6 Å². The summed E-state index contributed by atoms with van der Waals surface area (Å²) in [6.45, 7) is 0.648. The van der Waals surface area contributed by atoms with Gasteiger partial charge in [-0.05, 0) is 35.9 Å². The Morgan fingerprint density at radius 1 is 1.19 bits per heavy atom. The number of hydrogen-bond acceptors (Lipinski definition) is 4. The van der Waals surface area contributed by atoms with Gasteiger partial charge in [-0.2, -0.15) is 5.10 Å². The van der Waals surface area contributed by atoms with Gasteiger partial charge >= 0.3 is 0 Å². The van der Waals surface area contributed by atoms with Gasteiger partial charge in [0.15, 0.2) is 5.60 Å². The van der Waals surface area contributed by atoms with Crippen molar-refractivity contribution in [3.63, 3.8) is 0 Å². The molecule has 2 aliphatic rings. The molecule has 1 spiro atoms. The largest absolute Gasteiger partial charge is 0.497 e. The Hall–Kier alpha value is -3.28. The molecule has 5 rings (SSSR count). The molecule has 1 atom stereocenters. The number of ether oxygens (including phenoxy) is 2. The van der Waals surface area contributed by atoms with E-state index in [1.54, 1.807) is 13.3 Å². The molecule has 3 heterocycles. The predicted molar refractivity (Wildman–Crippen MR) is 101 cm³/mol. The monoisotopic (exact) mass is 361 g/mol. The molecule has 3 aromatic rings. The average molecular weight is 361 g/mol. The van der Waals surface area contributed by atoms with Crippen LogP contribution in [-0.2, 0) is 11.2 Å². The van der Waals surface area contributed by atoms with Gasteiger partial charge < -0.3 is 14.4 Å². The number of fused-ring (bicyclic) bond motifs is 1. The maximum absolute atomic E-state index is 13.2. The number of amides is 1. The lowest BCUT2D eigenvalue weighted by molar-refractivity contribution is -0.129. The number of benzene rings is 2. The molecule has 136 valence electrons. The van der Waals surface area contributed by atoms with Gasteiger partial charge in [0.2, 0.25) is 0 Å². The number of aromatic amines is 1. The van der Waals surface area contributed by atoms with Crippen molar-refractivity contribution in [3.05, 3.63) is 60.4 Å². The quantitative estimate of drug-likeness (QED) is 0.778. The van der Waals surface area contributed by atoms with Gasteiger partial charge in [0.1, 0.15) is 11.5 Å². The van der Waals surface area contributed by atoms with Crippen LogP contribution in [0.3, 0.4) is 0 Å². The third kappa shape index (κ3) is 2.48. The normalized spacial score (nSPS) is 20.8. The van der Waals surface area contributed by atoms with E-state index in [9.17, 15) is 4.79 Å². The molecule has 1 unspecified atom stereocenters. The lowest BCUT2D eigenvalue weighted by Crippen LogP contribution is -2.44. The van der Waals surface area contributed by atoms with Gasteiger partial charge in [-0.3, -0.25) is 9.89 Å². The fourth-order valence-electron chi connectivity index (χ4n) is 3.97. The van der Waals surface area contributed by atoms with E-state index in [1.807, 2.05) is 53.6 Å². The number of anilines is 1. The van der Waals surface area contributed by atoms with Crippen LogP contribution in [0.4, 0.5) is 5.69 Å². The van der Waals surface area contributed by atoms with Crippen LogP contribution < -0.4 is 14.4 Å². The minimum Gasteiger partial charge on any atom is -0.497 e. The molecule has 1 N–H and O–H groups in total. The summed E-state index contributed by atoms with van der Waals surface area (Å²) >= 11 is 0. The Kier molecular flexibility index (Phi) is 3.47. The Morgan fingerprint density at radius 2 is 2.04 bits per heavy atom. The summed E-state index contributed by atoms with van der Waals surface area (Å²) in [7, 11) is 1.64. The minimum atomic E-state index is -0.794. The number of aromatic nitrogens is 2. The fourth-order valence-corrected chi connectivity index (χ4v) is 3.97. The highest BCUT2D eigenvalue weighted by Crippen LogP contribution is 2.43. The van der Waals surface area contributed by atoms with Gasteiger partial charge in [-0.25, -0.2) is 0 Å². The lowest BCUT2D eigenvalue weighted by Gasteiger charge is -2.23. The van der Waals surface area contributed by atoms with Crippen molar-refractivity contribution in [1.82, 2.24) is 10.2 Å². The van der Waals surface area contributed by atoms with Crippen molar-refractivity contribution in [2.75, 3.05) is 18.6 Å². The Bertz CT molecular complexity index is 998. The van der Waals surface area contributed by atoms with Crippen LogP contribution in [0.5, 0.6) is 11.5 Å². The number of rotatable bonds is 3. The Balaban J connectivity index is 1.39. The highest BCUT2D eigenvalue weighted by Gasteiger charge is 2.53. The third-order valence-corrected chi connectivity index (χ3v) is 5.43. The summed E-state index contributed by atoms with van der Waals surface area (Å²) in [5.74, 6) is 1.58. The average Bonchev–Trinajstić information content (AvgIpc) is 3.42. The molecular weight excluding hydrogens is 342 g/mol. The Morgan fingerprint density at radius 3 is 2.78 bits per heavy atom. The summed E-state index contributed by atoms with van der Waals surface area (Å²) in [6, 6.07) is 13.7. The first-order valence-corrected chi connectivity index (χ1v) is 8.96. The van der Waals surface area contributed by atoms with Crippen LogP contribution in [0.2, 0.25) is 0 Å². The molecule has 6 nitrogen and oxygen atoms in total. The van der Waals surface area contributed by atoms with E-state index in [1.165, 1.54) is 0 Å². The molecule has 0 bridgehead atoms. The number of hydrogen-bond donors (Lipinski definition) is 1. The number of H-pyrrole nitrogens is 1. The third-order valence-electron chi connectivity index (χ3n) is 5.43. The molecule has 0 aliphatic carbocycles. The summed E-state index contributed by atoms with van der Waals surface area (Å²) in [5, 5.41) is 6.79. The first-order valence-electron chi connectivity index (χ1n) is 8.96. The van der Waals surface area contributed by atoms with Gasteiger partial charge in [0, 0.05) is 42.4 Å². The molecular formula is C21H19N3O3. The van der Waals surface area contributed by atoms with Crippen molar-refractivity contribution < 1.29 is 14.3 Å². The molecule has 2 aliphatic heterocycles. The molecule has 2 aromatic carbocycles. The molecule has 1 amide bonds. The topological polar surface area (TPSA) is 67.5 Å². The highest BCUT2D eigenvalue weighted by atomic mass is 16.5. The van der Waals surface area contributed by atoms with Gasteiger partial charge in [-0.1, -0.05) is 12.1 Å². The van der Waals surface area contributed by atoms with Crippen LogP contribution in [-0.4, -0.2) is 35.4 Å². The minimum absolute atomic E-state index is 0.0220. The first-order chi connectivity index (χ1) is 13.2. The van der Waals surface area contributed by atoms with E-state index in [4.69, 9.17) is 9.47 Å². The molecule has 6 heteroatoms. The van der Waals surface area contributed by atoms with Gasteiger partial charge in [0.05, 0.1) is 13.3 Å². The second-order valence-corrected chi connectivity index (χ2v) is 6.99. The molecule has 0 saturated carbocycles. The lowest BCUT2D eigenvalue weighted by atomic mass is 9.95. The number of carbonyl (C=O) groups is 1. The van der Waals surface area contributed by atoms with Crippen LogP contribution in [0.1, 0.15) is 12.0 Å². The van der Waals surface area contributed by atoms with Crippen molar-refractivity contribution in [2.24, 2.45) is 0 Å². The van der Waals surface area contributed by atoms with Crippen LogP contribution in [0.15, 0.2) is 54.9 Å². The standard InChI is InChI=1S/C21H19N3O3/c1-26-18-6-7-19-15(10-18)11-21(27-19)8-9-24(20(21)25)17-4-2-14(3-5-17)16-12-22-23-13-16/h2-7,10,12-13H,8-9,11H2,1H3,(H,22,23). The summed E-state index contributed by atoms with van der Waals surface area (Å²) in [4.78, 5) is 15.0. The summed E-state index contributed by atoms with van der Waals surface area (Å²) < 4.78 is 11.4. The maximum atomic E-state index is 13.2. The fraction of sp³-hybridized carbons (Fsp3) is 0.238. The maximum Gasteiger partial charge on any atom is 0.271 e. The zero-order valence-corrected chi connectivity index (χ0v) is 14.9. The van der Waals surface area contributed by atoms with Crippen LogP contribution >= 0.6 is 0 Å². The number of nitrogens with zero attached hydrogens (tertiary/aromatic N) is 2. The van der Waals surface area contributed by atoms with E-state index < -0.39 is 5.60 Å². The van der Waals surface area contributed by atoms with E-state index >= 15 is 0 Å². The zero-order chi connectivity index (χ0) is 18.4. The molecule has 27 heavy (non-hydrogen) atoms. The van der Waals surface area contributed by atoms with Gasteiger partial charge in [-0.15, -0.1) is 0 Å². The zero-order valence-electron chi connectivity index (χ0n) is 14.9. The molecule has 1 aromatic heterocycles. The van der Waals surface area contributed by atoms with Crippen molar-refractivity contribution in [3.8, 4) is 22.6 Å². The first kappa shape index (κ1) is 15.9. The number of carbonyl (C=O) groups excluding carboxylic acids is 1. The second kappa shape index (κ2) is 5.87. The predicted octanol–water partition coefficient (Wildman–Crippen LogP) is 3.20. The second-order valence-electron chi connectivity index (χ2n) is 6.99. The molecule has 0 radical (unpaired) electrons. The highest BCUT2D eigenvalue weighted by molar-refractivity contribution is 6.03. The van der Waals surface area contributed by atoms with Gasteiger partial charge in [0.25, 0.3) is 5.91 Å². The van der Waals surface area contributed by atoms with E-state index in [0.29, 0.717) is 19.4 Å². The van der Waals surface area contributed by atoms with E-state index in [-0.39, 0.29) is 5.91 Å². The molecule has 1 saturated heterocycles. The Labute approximate surface area is 156 Å². The van der Waals surface area contributed by atoms with Crippen LogP contribution in [0.25, 0.3) is 11.1 Å². The summed E-state index contributed by atoms with van der Waals surface area (Å²) in [5.41, 5.74) is 3.21. The van der Waals surface area contributed by atoms with E-state index in [2.05, 4.69) is 10.2 Å². The van der Waals surface area contributed by atoms with E-state index in [0.717, 1.165) is 33.9 Å². The molecule has 1 fully saturated rings. The SMILES string of the molecule is COc1ccc2c(c1)CC1(CCN(c3ccc(-c4cn[nH]c4)cc3)C1=O)O2. The van der Waals surface area contributed by atoms with Crippen molar-refractivity contribution in [2.45, 2.75) is 18.4 Å². The number of nitrogens with one attached hydrogen (secondary N) is 1. The van der Waals surface area contributed by atoms with Crippen LogP contribution in [0, 0.1) is 0 Å². The van der Waals surface area contributed by atoms with Crippen molar-refractivity contribution in [1.29, 1.82) is 0 Å². The number of methoxy groups -OCH3 is 1. The summed E-state index contributed by atoms with van der Waals surface area (Å²) in [6.07, 6.45) is 4.89.